The van der Waals surface area contributed by atoms with Crippen LogP contribution in [0.5, 0.6) is 5.88 Å². The van der Waals surface area contributed by atoms with Gasteiger partial charge in [0.15, 0.2) is 5.82 Å². The molecule has 0 fully saturated rings. The lowest BCUT2D eigenvalue weighted by molar-refractivity contribution is 0.0981. The number of anilines is 1. The molecule has 3 aromatic heterocycles. The van der Waals surface area contributed by atoms with Crippen molar-refractivity contribution >= 4 is 33.3 Å². The molecule has 0 aliphatic carbocycles. The van der Waals surface area contributed by atoms with Crippen LogP contribution in [0.25, 0.3) is 5.82 Å². The van der Waals surface area contributed by atoms with Crippen molar-refractivity contribution in [2.24, 2.45) is 5.92 Å². The summed E-state index contributed by atoms with van der Waals surface area (Å²) in [6.07, 6.45) is 2.97. The van der Waals surface area contributed by atoms with Gasteiger partial charge in [-0.15, -0.1) is 5.10 Å². The van der Waals surface area contributed by atoms with Crippen LogP contribution >= 0.6 is 11.6 Å². The van der Waals surface area contributed by atoms with Crippen LogP contribution in [0.4, 0.5) is 5.82 Å². The third kappa shape index (κ3) is 4.86. The van der Waals surface area contributed by atoms with Crippen LogP contribution < -0.4 is 15.2 Å². The van der Waals surface area contributed by atoms with Gasteiger partial charge in [0.1, 0.15) is 15.9 Å². The average Bonchev–Trinajstić information content (AvgIpc) is 3.15. The first-order valence-corrected chi connectivity index (χ1v) is 10.7. The summed E-state index contributed by atoms with van der Waals surface area (Å²) in [5.74, 6) is -0.0898. The Hall–Kier alpha value is -3.18. The number of nitrogen functional groups attached to an aromatic ring is 1. The maximum Gasteiger partial charge on any atom is 0.268 e. The number of hydrogen-bond donors (Lipinski definition) is 2. The van der Waals surface area contributed by atoms with Crippen molar-refractivity contribution in [3.8, 4) is 11.7 Å². The van der Waals surface area contributed by atoms with Crippen LogP contribution in [0.1, 0.15) is 24.2 Å². The van der Waals surface area contributed by atoms with Gasteiger partial charge in [-0.2, -0.15) is 0 Å². The van der Waals surface area contributed by atoms with E-state index in [0.717, 1.165) is 0 Å². The number of carbonyl (C=O) groups is 1. The molecule has 3 N–H and O–H groups in total. The number of aromatic nitrogens is 4. The minimum atomic E-state index is -4.24. The molecule has 0 bridgehead atoms. The van der Waals surface area contributed by atoms with Gasteiger partial charge >= 0.3 is 0 Å². The van der Waals surface area contributed by atoms with E-state index in [1.807, 2.05) is 18.6 Å². The summed E-state index contributed by atoms with van der Waals surface area (Å²) >= 11 is 6.11. The standard InChI is InChI=1S/C18H19ClN6O4S/c1-11(2)10-29-15-7-9-25(23-15)14-6-5-12(16(19)22-14)18(26)24-30(27,28)13-4-3-8-21-17(13)20/h3-9,11H,10H2,1-2H3,(H2,20,21)(H,24,26). The molecule has 30 heavy (non-hydrogen) atoms. The molecule has 0 spiro atoms. The van der Waals surface area contributed by atoms with Crippen LogP contribution in [-0.4, -0.2) is 40.7 Å². The summed E-state index contributed by atoms with van der Waals surface area (Å²) in [6.45, 7) is 4.55. The molecule has 0 aliphatic rings. The normalized spacial score (nSPS) is 11.5. The summed E-state index contributed by atoms with van der Waals surface area (Å²) in [6, 6.07) is 7.12. The molecule has 0 aromatic carbocycles. The number of pyridine rings is 2. The molecular formula is C18H19ClN6O4S. The van der Waals surface area contributed by atoms with Crippen LogP contribution in [0.2, 0.25) is 5.15 Å². The highest BCUT2D eigenvalue weighted by Gasteiger charge is 2.23. The Balaban J connectivity index is 1.78. The van der Waals surface area contributed by atoms with Crippen LogP contribution in [0, 0.1) is 5.92 Å². The van der Waals surface area contributed by atoms with E-state index in [0.29, 0.717) is 24.2 Å². The summed E-state index contributed by atoms with van der Waals surface area (Å²) in [5, 5.41) is 4.04. The largest absolute Gasteiger partial charge is 0.476 e. The van der Waals surface area contributed by atoms with E-state index >= 15 is 0 Å². The van der Waals surface area contributed by atoms with Gasteiger partial charge in [0.2, 0.25) is 5.88 Å². The molecule has 0 saturated heterocycles. The molecule has 10 nitrogen and oxygen atoms in total. The minimum Gasteiger partial charge on any atom is -0.476 e. The van der Waals surface area contributed by atoms with E-state index in [1.54, 1.807) is 12.3 Å². The summed E-state index contributed by atoms with van der Waals surface area (Å²) in [5.41, 5.74) is 5.45. The SMILES string of the molecule is CC(C)COc1ccn(-c2ccc(C(=O)NS(=O)(=O)c3cccnc3N)c(Cl)n2)n1. The van der Waals surface area contributed by atoms with Crippen molar-refractivity contribution < 1.29 is 17.9 Å². The van der Waals surface area contributed by atoms with Gasteiger partial charge in [-0.25, -0.2) is 27.8 Å². The molecular weight excluding hydrogens is 432 g/mol. The number of rotatable bonds is 7. The highest BCUT2D eigenvalue weighted by atomic mass is 35.5. The van der Waals surface area contributed by atoms with Gasteiger partial charge < -0.3 is 10.5 Å². The first-order chi connectivity index (χ1) is 14.2. The highest BCUT2D eigenvalue weighted by molar-refractivity contribution is 7.90. The van der Waals surface area contributed by atoms with Gasteiger partial charge in [0.05, 0.1) is 12.2 Å². The fourth-order valence-electron chi connectivity index (χ4n) is 2.35. The number of ether oxygens (including phenoxy) is 1. The molecule has 158 valence electrons. The van der Waals surface area contributed by atoms with Gasteiger partial charge in [-0.1, -0.05) is 25.4 Å². The molecule has 0 saturated carbocycles. The summed E-state index contributed by atoms with van der Waals surface area (Å²) in [7, 11) is -4.24. The fraction of sp³-hybridized carbons (Fsp3) is 0.222. The first-order valence-electron chi connectivity index (χ1n) is 8.80. The quantitative estimate of drug-likeness (QED) is 0.520. The monoisotopic (exact) mass is 450 g/mol. The van der Waals surface area contributed by atoms with E-state index in [4.69, 9.17) is 22.1 Å². The van der Waals surface area contributed by atoms with Crippen molar-refractivity contribution in [3.05, 3.63) is 53.4 Å². The second-order valence-corrected chi connectivity index (χ2v) is 8.64. The lowest BCUT2D eigenvalue weighted by Crippen LogP contribution is -2.31. The predicted molar refractivity (Wildman–Crippen MR) is 110 cm³/mol. The van der Waals surface area contributed by atoms with Crippen molar-refractivity contribution in [1.29, 1.82) is 0 Å². The molecule has 1 amide bonds. The van der Waals surface area contributed by atoms with Crippen LogP contribution in [-0.2, 0) is 10.0 Å². The van der Waals surface area contributed by atoms with E-state index in [9.17, 15) is 13.2 Å². The Kier molecular flexibility index (Phi) is 6.22. The zero-order valence-corrected chi connectivity index (χ0v) is 17.7. The van der Waals surface area contributed by atoms with Gasteiger partial charge in [0.25, 0.3) is 15.9 Å². The predicted octanol–water partition coefficient (Wildman–Crippen LogP) is 2.05. The Labute approximate surface area is 178 Å². The van der Waals surface area contributed by atoms with E-state index in [2.05, 4.69) is 15.1 Å². The molecule has 0 atom stereocenters. The van der Waals surface area contributed by atoms with Crippen LogP contribution in [0.15, 0.2) is 47.6 Å². The van der Waals surface area contributed by atoms with E-state index in [-0.39, 0.29) is 21.4 Å². The fourth-order valence-corrected chi connectivity index (χ4v) is 3.63. The Morgan fingerprint density at radius 1 is 1.30 bits per heavy atom. The van der Waals surface area contributed by atoms with Gasteiger partial charge in [-0.05, 0) is 30.2 Å². The third-order valence-electron chi connectivity index (χ3n) is 3.76. The molecule has 3 heterocycles. The topological polar surface area (TPSA) is 142 Å². The maximum atomic E-state index is 12.4. The molecule has 0 aliphatic heterocycles. The van der Waals surface area contributed by atoms with Crippen molar-refractivity contribution in [2.75, 3.05) is 12.3 Å². The summed E-state index contributed by atoms with van der Waals surface area (Å²) in [4.78, 5) is 19.9. The summed E-state index contributed by atoms with van der Waals surface area (Å²) < 4.78 is 33.7. The number of carbonyl (C=O) groups excluding carboxylic acids is 1. The highest BCUT2D eigenvalue weighted by Crippen LogP contribution is 2.19. The third-order valence-corrected chi connectivity index (χ3v) is 5.43. The average molecular weight is 451 g/mol. The molecule has 0 unspecified atom stereocenters. The van der Waals surface area contributed by atoms with Gasteiger partial charge in [0, 0.05) is 18.5 Å². The molecule has 3 aromatic rings. The second kappa shape index (κ2) is 8.67. The number of hydrogen-bond acceptors (Lipinski definition) is 8. The van der Waals surface area contributed by atoms with Crippen molar-refractivity contribution in [2.45, 2.75) is 18.7 Å². The smallest absolute Gasteiger partial charge is 0.268 e. The number of halogens is 1. The zero-order valence-electron chi connectivity index (χ0n) is 16.1. The lowest BCUT2D eigenvalue weighted by Gasteiger charge is -2.10. The Bertz CT molecular complexity index is 1180. The number of sulfonamides is 1. The number of nitrogens with two attached hydrogens (primary N) is 1. The number of nitrogens with one attached hydrogen (secondary N) is 1. The number of amides is 1. The lowest BCUT2D eigenvalue weighted by atomic mass is 10.2. The maximum absolute atomic E-state index is 12.4. The van der Waals surface area contributed by atoms with E-state index < -0.39 is 15.9 Å². The Morgan fingerprint density at radius 3 is 2.73 bits per heavy atom. The zero-order chi connectivity index (χ0) is 21.9. The number of nitrogens with zero attached hydrogens (tertiary/aromatic N) is 4. The second-order valence-electron chi connectivity index (χ2n) is 6.63. The van der Waals surface area contributed by atoms with Crippen molar-refractivity contribution in [3.63, 3.8) is 0 Å². The molecule has 3 rings (SSSR count). The Morgan fingerprint density at radius 2 is 2.07 bits per heavy atom. The molecule has 0 radical (unpaired) electrons. The first kappa shape index (κ1) is 21.5. The minimum absolute atomic E-state index is 0.130. The van der Waals surface area contributed by atoms with E-state index in [1.165, 1.54) is 35.1 Å². The van der Waals surface area contributed by atoms with Crippen molar-refractivity contribution in [1.82, 2.24) is 24.5 Å². The van der Waals surface area contributed by atoms with Gasteiger partial charge in [-0.3, -0.25) is 4.79 Å². The van der Waals surface area contributed by atoms with Crippen LogP contribution in [0.3, 0.4) is 0 Å². The molecule has 12 heteroatoms.